The lowest BCUT2D eigenvalue weighted by Gasteiger charge is -2.16. The van der Waals surface area contributed by atoms with Crippen LogP contribution in [0.1, 0.15) is 6.92 Å². The fourth-order valence-corrected chi connectivity index (χ4v) is 0.889. The van der Waals surface area contributed by atoms with Crippen molar-refractivity contribution < 1.29 is 27.9 Å². The molecular weight excluding hydrogens is 205 g/mol. The number of halogens is 3. The molecule has 0 aromatic heterocycles. The Morgan fingerprint density at radius 1 is 1.71 bits per heavy atom. The smallest absolute Gasteiger partial charge is 0.437 e. The van der Waals surface area contributed by atoms with Gasteiger partial charge in [-0.15, -0.1) is 0 Å². The molecule has 0 spiro atoms. The minimum atomic E-state index is -4.69. The first-order chi connectivity index (χ1) is 6.36. The SMILES string of the molecule is CCN1OC(C(F)(F)F)N=C1C(=O)O. The molecule has 1 aliphatic heterocycles. The van der Waals surface area contributed by atoms with Gasteiger partial charge in [-0.3, -0.25) is 0 Å². The van der Waals surface area contributed by atoms with E-state index in [1.807, 2.05) is 0 Å². The van der Waals surface area contributed by atoms with Gasteiger partial charge in [-0.25, -0.2) is 19.7 Å². The van der Waals surface area contributed by atoms with E-state index in [4.69, 9.17) is 5.11 Å². The first kappa shape index (κ1) is 10.8. The average Bonchev–Trinajstić information content (AvgIpc) is 2.45. The summed E-state index contributed by atoms with van der Waals surface area (Å²) in [6.45, 7) is 1.44. The minimum absolute atomic E-state index is 0.0162. The third-order valence-electron chi connectivity index (χ3n) is 1.46. The largest absolute Gasteiger partial charge is 0.475 e. The number of amidine groups is 1. The predicted molar refractivity (Wildman–Crippen MR) is 38.4 cm³/mol. The molecule has 1 heterocycles. The van der Waals surface area contributed by atoms with Crippen LogP contribution in [-0.4, -0.2) is 40.9 Å². The van der Waals surface area contributed by atoms with E-state index in [1.54, 1.807) is 0 Å². The van der Waals surface area contributed by atoms with Crippen molar-refractivity contribution in [3.63, 3.8) is 0 Å². The van der Waals surface area contributed by atoms with Crippen LogP contribution in [0.4, 0.5) is 13.2 Å². The van der Waals surface area contributed by atoms with Gasteiger partial charge in [-0.1, -0.05) is 0 Å². The van der Waals surface area contributed by atoms with Crippen molar-refractivity contribution >= 4 is 11.8 Å². The van der Waals surface area contributed by atoms with Crippen LogP contribution in [0.15, 0.2) is 4.99 Å². The first-order valence-corrected chi connectivity index (χ1v) is 3.68. The molecule has 0 radical (unpaired) electrons. The molecule has 0 aliphatic carbocycles. The molecule has 5 nitrogen and oxygen atoms in total. The van der Waals surface area contributed by atoms with E-state index in [2.05, 4.69) is 9.83 Å². The zero-order valence-corrected chi connectivity index (χ0v) is 7.08. The van der Waals surface area contributed by atoms with Crippen molar-refractivity contribution in [2.24, 2.45) is 4.99 Å². The van der Waals surface area contributed by atoms with Gasteiger partial charge >= 0.3 is 12.1 Å². The van der Waals surface area contributed by atoms with Gasteiger partial charge < -0.3 is 5.11 Å². The molecular formula is C6H7F3N2O3. The number of hydrogen-bond donors (Lipinski definition) is 1. The van der Waals surface area contributed by atoms with Gasteiger partial charge in [0.15, 0.2) is 0 Å². The summed E-state index contributed by atoms with van der Waals surface area (Å²) in [5, 5.41) is 9.08. The van der Waals surface area contributed by atoms with Crippen molar-refractivity contribution in [3.8, 4) is 0 Å². The first-order valence-electron chi connectivity index (χ1n) is 3.68. The lowest BCUT2D eigenvalue weighted by atomic mass is 10.5. The molecule has 0 saturated heterocycles. The molecule has 8 heteroatoms. The molecule has 14 heavy (non-hydrogen) atoms. The van der Waals surface area contributed by atoms with Crippen LogP contribution in [0.25, 0.3) is 0 Å². The van der Waals surface area contributed by atoms with E-state index in [1.165, 1.54) is 6.92 Å². The molecule has 80 valence electrons. The van der Waals surface area contributed by atoms with Crippen LogP contribution in [0.2, 0.25) is 0 Å². The molecule has 1 N–H and O–H groups in total. The highest BCUT2D eigenvalue weighted by molar-refractivity contribution is 6.34. The maximum Gasteiger partial charge on any atom is 0.437 e. The average molecular weight is 212 g/mol. The van der Waals surface area contributed by atoms with Crippen LogP contribution in [0.5, 0.6) is 0 Å². The Bertz CT molecular complexity index is 276. The van der Waals surface area contributed by atoms with E-state index >= 15 is 0 Å². The van der Waals surface area contributed by atoms with Crippen molar-refractivity contribution in [2.45, 2.75) is 19.3 Å². The number of hydrogen-bond acceptors (Lipinski definition) is 4. The second kappa shape index (κ2) is 3.45. The number of rotatable bonds is 2. The molecule has 1 aliphatic rings. The third-order valence-corrected chi connectivity index (χ3v) is 1.46. The van der Waals surface area contributed by atoms with E-state index < -0.39 is 24.2 Å². The molecule has 1 unspecified atom stereocenters. The number of carboxylic acid groups (broad SMARTS) is 1. The highest BCUT2D eigenvalue weighted by atomic mass is 19.4. The third kappa shape index (κ3) is 1.95. The Labute approximate surface area is 76.7 Å². The molecule has 0 fully saturated rings. The molecule has 0 bridgehead atoms. The summed E-state index contributed by atoms with van der Waals surface area (Å²) < 4.78 is 36.2. The normalized spacial score (nSPS) is 22.4. The van der Waals surface area contributed by atoms with Crippen LogP contribution in [0.3, 0.4) is 0 Å². The van der Waals surface area contributed by atoms with E-state index in [-0.39, 0.29) is 6.54 Å². The number of nitrogens with zero attached hydrogens (tertiary/aromatic N) is 2. The second-order valence-corrected chi connectivity index (χ2v) is 2.45. The zero-order valence-electron chi connectivity index (χ0n) is 7.08. The Balaban J connectivity index is 2.86. The Hall–Kier alpha value is -1.31. The molecule has 0 aromatic carbocycles. The summed E-state index contributed by atoms with van der Waals surface area (Å²) >= 11 is 0. The maximum absolute atomic E-state index is 12.1. The zero-order chi connectivity index (χ0) is 10.9. The molecule has 1 rings (SSSR count). The highest BCUT2D eigenvalue weighted by Gasteiger charge is 2.47. The fraction of sp³-hybridized carbons (Fsp3) is 0.667. The van der Waals surface area contributed by atoms with Crippen LogP contribution in [-0.2, 0) is 9.63 Å². The number of hydroxylamine groups is 2. The van der Waals surface area contributed by atoms with Gasteiger partial charge in [0.2, 0.25) is 5.84 Å². The van der Waals surface area contributed by atoms with Crippen molar-refractivity contribution in [1.82, 2.24) is 5.06 Å². The van der Waals surface area contributed by atoms with Gasteiger partial charge in [0.25, 0.3) is 6.23 Å². The van der Waals surface area contributed by atoms with Gasteiger partial charge in [0.1, 0.15) is 0 Å². The summed E-state index contributed by atoms with van der Waals surface area (Å²) in [5.41, 5.74) is 0. The van der Waals surface area contributed by atoms with Crippen LogP contribution in [0, 0.1) is 0 Å². The second-order valence-electron chi connectivity index (χ2n) is 2.45. The quantitative estimate of drug-likeness (QED) is 0.729. The van der Waals surface area contributed by atoms with Gasteiger partial charge in [0, 0.05) is 6.54 Å². The summed E-state index contributed by atoms with van der Waals surface area (Å²) in [7, 11) is 0. The number of alkyl halides is 3. The monoisotopic (exact) mass is 212 g/mol. The number of carboxylic acids is 1. The number of carbonyl (C=O) groups is 1. The summed E-state index contributed by atoms with van der Waals surface area (Å²) in [6.07, 6.45) is -7.10. The lowest BCUT2D eigenvalue weighted by molar-refractivity contribution is -0.260. The van der Waals surface area contributed by atoms with Crippen LogP contribution < -0.4 is 0 Å². The minimum Gasteiger partial charge on any atom is -0.475 e. The van der Waals surface area contributed by atoms with E-state index in [0.29, 0.717) is 5.06 Å². The van der Waals surface area contributed by atoms with Gasteiger partial charge in [-0.05, 0) is 6.92 Å². The lowest BCUT2D eigenvalue weighted by Crippen LogP contribution is -2.34. The molecule has 0 saturated carbocycles. The summed E-state index contributed by atoms with van der Waals surface area (Å²) in [6, 6.07) is 0. The van der Waals surface area contributed by atoms with Crippen molar-refractivity contribution in [3.05, 3.63) is 0 Å². The number of likely N-dealkylation sites (N-methyl/N-ethyl adjacent to an activating group) is 1. The van der Waals surface area contributed by atoms with Crippen molar-refractivity contribution in [2.75, 3.05) is 6.54 Å². The maximum atomic E-state index is 12.1. The molecule has 0 amide bonds. The molecule has 1 atom stereocenters. The van der Waals surface area contributed by atoms with E-state index in [0.717, 1.165) is 0 Å². The summed E-state index contributed by atoms with van der Waals surface area (Å²) in [5.74, 6) is -2.27. The Morgan fingerprint density at radius 2 is 2.29 bits per heavy atom. The highest BCUT2D eigenvalue weighted by Crippen LogP contribution is 2.28. The van der Waals surface area contributed by atoms with Crippen molar-refractivity contribution in [1.29, 1.82) is 0 Å². The Kier molecular flexibility index (Phi) is 2.65. The summed E-state index contributed by atoms with van der Waals surface area (Å²) in [4.78, 5) is 17.6. The van der Waals surface area contributed by atoms with Gasteiger partial charge in [0.05, 0.1) is 0 Å². The fourth-order valence-electron chi connectivity index (χ4n) is 0.889. The number of aliphatic carboxylic acids is 1. The van der Waals surface area contributed by atoms with E-state index in [9.17, 15) is 18.0 Å². The number of aliphatic imine (C=N–C) groups is 1. The standard InChI is InChI=1S/C6H7F3N2O3/c1-2-11-3(4(12)13)10-5(14-11)6(7,8)9/h5H,2H2,1H3,(H,12,13). The van der Waals surface area contributed by atoms with Gasteiger partial charge in [-0.2, -0.15) is 13.2 Å². The van der Waals surface area contributed by atoms with Crippen LogP contribution >= 0.6 is 0 Å². The predicted octanol–water partition coefficient (Wildman–Crippen LogP) is 0.625. The topological polar surface area (TPSA) is 62.1 Å². The molecule has 0 aromatic rings. The Morgan fingerprint density at radius 3 is 2.57 bits per heavy atom.